The van der Waals surface area contributed by atoms with Gasteiger partial charge in [0.05, 0.1) is 13.2 Å². The molecule has 1 amide bonds. The Labute approximate surface area is 148 Å². The van der Waals surface area contributed by atoms with Gasteiger partial charge < -0.3 is 15.2 Å². The number of hydrogen-bond acceptors (Lipinski definition) is 3. The Morgan fingerprint density at radius 2 is 2.08 bits per heavy atom. The Hall–Kier alpha value is -2.33. The third-order valence-electron chi connectivity index (χ3n) is 4.90. The Balaban J connectivity index is 1.57. The summed E-state index contributed by atoms with van der Waals surface area (Å²) in [5.74, 6) is 1.10. The summed E-state index contributed by atoms with van der Waals surface area (Å²) in [6.07, 6.45) is 2.93. The van der Waals surface area contributed by atoms with Crippen LogP contribution in [0.3, 0.4) is 0 Å². The Kier molecular flexibility index (Phi) is 5.71. The molecule has 2 aromatic carbocycles. The van der Waals surface area contributed by atoms with Gasteiger partial charge in [-0.15, -0.1) is 0 Å². The second-order valence-electron chi connectivity index (χ2n) is 6.59. The predicted octanol–water partition coefficient (Wildman–Crippen LogP) is 3.36. The minimum absolute atomic E-state index is 0.0105. The number of carbonyl (C=O) groups is 1. The number of aliphatic hydroxyl groups excluding tert-OH is 1. The molecule has 0 fully saturated rings. The summed E-state index contributed by atoms with van der Waals surface area (Å²) in [4.78, 5) is 12.3. The first-order valence-electron chi connectivity index (χ1n) is 8.84. The number of ether oxygens (including phenoxy) is 1. The third-order valence-corrected chi connectivity index (χ3v) is 4.90. The van der Waals surface area contributed by atoms with Gasteiger partial charge in [0.25, 0.3) is 0 Å². The summed E-state index contributed by atoms with van der Waals surface area (Å²) in [6, 6.07) is 15.5. The number of carbonyl (C=O) groups excluding carboxylic acids is 1. The van der Waals surface area contributed by atoms with E-state index in [1.165, 1.54) is 11.1 Å². The van der Waals surface area contributed by atoms with Crippen LogP contribution in [0.2, 0.25) is 0 Å². The van der Waals surface area contributed by atoms with E-state index < -0.39 is 6.10 Å². The van der Waals surface area contributed by atoms with Crippen molar-refractivity contribution in [3.05, 3.63) is 65.2 Å². The van der Waals surface area contributed by atoms with Crippen molar-refractivity contribution in [3.8, 4) is 5.75 Å². The SMILES string of the molecule is COc1ccc2c(c1)CCC[C@@H]2CC(=O)NC[C@@H](O)c1ccccc1. The summed E-state index contributed by atoms with van der Waals surface area (Å²) in [6.45, 7) is 0.241. The van der Waals surface area contributed by atoms with Crippen molar-refractivity contribution >= 4 is 5.91 Å². The minimum atomic E-state index is -0.673. The number of amides is 1. The number of methoxy groups -OCH3 is 1. The van der Waals surface area contributed by atoms with E-state index in [9.17, 15) is 9.90 Å². The Morgan fingerprint density at radius 3 is 2.84 bits per heavy atom. The van der Waals surface area contributed by atoms with Crippen LogP contribution in [0, 0.1) is 0 Å². The molecular formula is C21H25NO3. The highest BCUT2D eigenvalue weighted by Crippen LogP contribution is 2.35. The van der Waals surface area contributed by atoms with Crippen molar-refractivity contribution in [2.24, 2.45) is 0 Å². The molecule has 2 N–H and O–H groups in total. The average Bonchev–Trinajstić information content (AvgIpc) is 2.66. The van der Waals surface area contributed by atoms with Crippen molar-refractivity contribution in [3.63, 3.8) is 0 Å². The lowest BCUT2D eigenvalue weighted by molar-refractivity contribution is -0.122. The highest BCUT2D eigenvalue weighted by atomic mass is 16.5. The van der Waals surface area contributed by atoms with Crippen LogP contribution in [-0.4, -0.2) is 24.7 Å². The molecule has 4 heteroatoms. The second-order valence-corrected chi connectivity index (χ2v) is 6.59. The lowest BCUT2D eigenvalue weighted by Gasteiger charge is -2.25. The van der Waals surface area contributed by atoms with Crippen molar-refractivity contribution < 1.29 is 14.6 Å². The topological polar surface area (TPSA) is 58.6 Å². The molecule has 1 aliphatic carbocycles. The Morgan fingerprint density at radius 1 is 1.28 bits per heavy atom. The first-order valence-corrected chi connectivity index (χ1v) is 8.84. The van der Waals surface area contributed by atoms with E-state index in [0.29, 0.717) is 6.42 Å². The van der Waals surface area contributed by atoms with Gasteiger partial charge in [-0.2, -0.15) is 0 Å². The van der Waals surface area contributed by atoms with Gasteiger partial charge in [0.15, 0.2) is 0 Å². The summed E-state index contributed by atoms with van der Waals surface area (Å²) >= 11 is 0. The zero-order valence-corrected chi connectivity index (χ0v) is 14.6. The van der Waals surface area contributed by atoms with Gasteiger partial charge in [-0.3, -0.25) is 4.79 Å². The van der Waals surface area contributed by atoms with E-state index in [-0.39, 0.29) is 18.4 Å². The maximum atomic E-state index is 12.3. The van der Waals surface area contributed by atoms with Gasteiger partial charge in [0.1, 0.15) is 5.75 Å². The van der Waals surface area contributed by atoms with Crippen LogP contribution < -0.4 is 10.1 Å². The van der Waals surface area contributed by atoms with E-state index in [0.717, 1.165) is 30.6 Å². The fourth-order valence-electron chi connectivity index (χ4n) is 3.53. The average molecular weight is 339 g/mol. The first kappa shape index (κ1) is 17.5. The smallest absolute Gasteiger partial charge is 0.220 e. The normalized spacial score (nSPS) is 17.4. The molecule has 132 valence electrons. The second kappa shape index (κ2) is 8.17. The monoisotopic (exact) mass is 339 g/mol. The molecule has 1 aliphatic rings. The van der Waals surface area contributed by atoms with Crippen LogP contribution >= 0.6 is 0 Å². The molecule has 3 rings (SSSR count). The van der Waals surface area contributed by atoms with E-state index >= 15 is 0 Å². The molecule has 2 aromatic rings. The van der Waals surface area contributed by atoms with Crippen LogP contribution in [0.25, 0.3) is 0 Å². The van der Waals surface area contributed by atoms with Crippen molar-refractivity contribution in [1.29, 1.82) is 0 Å². The molecule has 0 heterocycles. The van der Waals surface area contributed by atoms with Crippen LogP contribution in [-0.2, 0) is 11.2 Å². The van der Waals surface area contributed by atoms with Crippen LogP contribution in [0.4, 0.5) is 0 Å². The standard InChI is InChI=1S/C21H25NO3/c1-25-18-10-11-19-16(12-18)8-5-9-17(19)13-21(24)22-14-20(23)15-6-3-2-4-7-15/h2-4,6-7,10-12,17,20,23H,5,8-9,13-14H2,1H3,(H,22,24)/t17-,20-/m1/s1. The van der Waals surface area contributed by atoms with E-state index in [4.69, 9.17) is 4.74 Å². The van der Waals surface area contributed by atoms with Crippen molar-refractivity contribution in [1.82, 2.24) is 5.32 Å². The van der Waals surface area contributed by atoms with Gasteiger partial charge >= 0.3 is 0 Å². The molecule has 0 radical (unpaired) electrons. The molecule has 4 nitrogen and oxygen atoms in total. The minimum Gasteiger partial charge on any atom is -0.497 e. The van der Waals surface area contributed by atoms with Crippen LogP contribution in [0.15, 0.2) is 48.5 Å². The number of aryl methyl sites for hydroxylation is 1. The molecule has 0 saturated carbocycles. The molecule has 0 aliphatic heterocycles. The van der Waals surface area contributed by atoms with Gasteiger partial charge in [-0.25, -0.2) is 0 Å². The fraction of sp³-hybridized carbons (Fsp3) is 0.381. The number of fused-ring (bicyclic) bond motifs is 1. The quantitative estimate of drug-likeness (QED) is 0.848. The predicted molar refractivity (Wildman–Crippen MR) is 97.7 cm³/mol. The number of hydrogen-bond donors (Lipinski definition) is 2. The maximum absolute atomic E-state index is 12.3. The number of aliphatic hydroxyl groups is 1. The van der Waals surface area contributed by atoms with Crippen LogP contribution in [0.1, 0.15) is 48.0 Å². The number of rotatable bonds is 6. The molecule has 25 heavy (non-hydrogen) atoms. The molecular weight excluding hydrogens is 314 g/mol. The van der Waals surface area contributed by atoms with Crippen LogP contribution in [0.5, 0.6) is 5.75 Å². The van der Waals surface area contributed by atoms with Gasteiger partial charge in [0.2, 0.25) is 5.91 Å². The summed E-state index contributed by atoms with van der Waals surface area (Å²) in [7, 11) is 1.67. The van der Waals surface area contributed by atoms with E-state index in [2.05, 4.69) is 17.4 Å². The molecule has 2 atom stereocenters. The molecule has 0 spiro atoms. The van der Waals surface area contributed by atoms with Gasteiger partial charge in [-0.1, -0.05) is 36.4 Å². The molecule has 0 saturated heterocycles. The highest BCUT2D eigenvalue weighted by Gasteiger charge is 2.23. The Bertz CT molecular complexity index is 714. The highest BCUT2D eigenvalue weighted by molar-refractivity contribution is 5.77. The number of nitrogens with one attached hydrogen (secondary N) is 1. The maximum Gasteiger partial charge on any atom is 0.220 e. The molecule has 0 unspecified atom stereocenters. The van der Waals surface area contributed by atoms with Crippen molar-refractivity contribution in [2.75, 3.05) is 13.7 Å². The first-order chi connectivity index (χ1) is 12.2. The summed E-state index contributed by atoms with van der Waals surface area (Å²) in [5, 5.41) is 13.0. The van der Waals surface area contributed by atoms with E-state index in [1.807, 2.05) is 36.4 Å². The largest absolute Gasteiger partial charge is 0.497 e. The summed E-state index contributed by atoms with van der Waals surface area (Å²) < 4.78 is 5.30. The van der Waals surface area contributed by atoms with E-state index in [1.54, 1.807) is 7.11 Å². The lowest BCUT2D eigenvalue weighted by atomic mass is 9.81. The van der Waals surface area contributed by atoms with Gasteiger partial charge in [0, 0.05) is 13.0 Å². The summed E-state index contributed by atoms with van der Waals surface area (Å²) in [5.41, 5.74) is 3.36. The zero-order chi connectivity index (χ0) is 17.6. The molecule has 0 bridgehead atoms. The van der Waals surface area contributed by atoms with Crippen molar-refractivity contribution in [2.45, 2.75) is 37.7 Å². The lowest BCUT2D eigenvalue weighted by Crippen LogP contribution is -2.30. The fourth-order valence-corrected chi connectivity index (χ4v) is 3.53. The third kappa shape index (κ3) is 4.40. The molecule has 0 aromatic heterocycles. The van der Waals surface area contributed by atoms with Gasteiger partial charge in [-0.05, 0) is 54.0 Å². The zero-order valence-electron chi connectivity index (χ0n) is 14.6. The number of benzene rings is 2.